The van der Waals surface area contributed by atoms with Crippen molar-refractivity contribution in [2.24, 2.45) is 0 Å². The zero-order chi connectivity index (χ0) is 13.3. The lowest BCUT2D eigenvalue weighted by atomic mass is 9.64. The molecule has 4 heteroatoms. The minimum Gasteiger partial charge on any atom is -0.496 e. The Bertz CT molecular complexity index is 478. The molecule has 0 amide bonds. The molecule has 18 heavy (non-hydrogen) atoms. The summed E-state index contributed by atoms with van der Waals surface area (Å²) in [5.41, 5.74) is 0.267. The summed E-state index contributed by atoms with van der Waals surface area (Å²) < 4.78 is 18.9. The zero-order valence-electron chi connectivity index (χ0n) is 10.6. The maximum absolute atomic E-state index is 13.7. The first kappa shape index (κ1) is 12.9. The number of carboxylic acids is 1. The first-order chi connectivity index (χ1) is 8.55. The minimum atomic E-state index is -0.886. The van der Waals surface area contributed by atoms with Gasteiger partial charge in [-0.1, -0.05) is 13.3 Å². The average Bonchev–Trinajstić information content (AvgIpc) is 2.28. The molecule has 3 nitrogen and oxygen atoms in total. The van der Waals surface area contributed by atoms with E-state index in [0.717, 1.165) is 6.42 Å². The summed E-state index contributed by atoms with van der Waals surface area (Å²) in [7, 11) is 1.44. The van der Waals surface area contributed by atoms with Crippen LogP contribution in [0.5, 0.6) is 5.75 Å². The van der Waals surface area contributed by atoms with E-state index < -0.39 is 11.4 Å². The second-order valence-corrected chi connectivity index (χ2v) is 4.74. The molecule has 1 aliphatic rings. The third-order valence-electron chi connectivity index (χ3n) is 3.88. The molecule has 1 aromatic rings. The molecule has 0 radical (unpaired) electrons. The fourth-order valence-electron chi connectivity index (χ4n) is 2.54. The summed E-state index contributed by atoms with van der Waals surface area (Å²) in [5.74, 6) is -0.842. The molecule has 0 bridgehead atoms. The Morgan fingerprint density at radius 2 is 2.17 bits per heavy atom. The fourth-order valence-corrected chi connectivity index (χ4v) is 2.54. The van der Waals surface area contributed by atoms with Crippen LogP contribution in [0.2, 0.25) is 0 Å². The van der Waals surface area contributed by atoms with E-state index in [1.54, 1.807) is 6.07 Å². The highest BCUT2D eigenvalue weighted by atomic mass is 19.1. The number of aliphatic carboxylic acids is 1. The Labute approximate surface area is 106 Å². The average molecular weight is 252 g/mol. The molecule has 2 rings (SSSR count). The number of rotatable bonds is 4. The molecule has 0 aromatic heterocycles. The van der Waals surface area contributed by atoms with Gasteiger partial charge in [0.2, 0.25) is 0 Å². The number of methoxy groups -OCH3 is 1. The molecular formula is C14H17FO3. The first-order valence-corrected chi connectivity index (χ1v) is 6.15. The van der Waals surface area contributed by atoms with Crippen LogP contribution in [0.25, 0.3) is 0 Å². The van der Waals surface area contributed by atoms with E-state index in [9.17, 15) is 14.3 Å². The highest BCUT2D eigenvalue weighted by Gasteiger charge is 2.48. The third-order valence-corrected chi connectivity index (χ3v) is 3.88. The highest BCUT2D eigenvalue weighted by molar-refractivity contribution is 5.83. The zero-order valence-corrected chi connectivity index (χ0v) is 10.6. The predicted octanol–water partition coefficient (Wildman–Crippen LogP) is 2.90. The van der Waals surface area contributed by atoms with Gasteiger partial charge in [0.15, 0.2) is 0 Å². The Kier molecular flexibility index (Phi) is 3.28. The Balaban J connectivity index is 2.58. The van der Waals surface area contributed by atoms with Crippen LogP contribution in [-0.2, 0) is 16.6 Å². The molecule has 1 aliphatic carbocycles. The van der Waals surface area contributed by atoms with E-state index in [4.69, 9.17) is 4.74 Å². The molecule has 1 N–H and O–H groups in total. The molecule has 0 spiro atoms. The number of carboxylic acid groups (broad SMARTS) is 1. The van der Waals surface area contributed by atoms with Gasteiger partial charge in [-0.3, -0.25) is 4.79 Å². The topological polar surface area (TPSA) is 46.5 Å². The van der Waals surface area contributed by atoms with Crippen LogP contribution in [-0.4, -0.2) is 18.2 Å². The Morgan fingerprint density at radius 3 is 2.56 bits per heavy atom. The second-order valence-electron chi connectivity index (χ2n) is 4.74. The van der Waals surface area contributed by atoms with Crippen LogP contribution in [0, 0.1) is 5.82 Å². The van der Waals surface area contributed by atoms with Crippen molar-refractivity contribution in [3.8, 4) is 5.75 Å². The van der Waals surface area contributed by atoms with Crippen LogP contribution >= 0.6 is 0 Å². The van der Waals surface area contributed by atoms with E-state index >= 15 is 0 Å². The van der Waals surface area contributed by atoms with Gasteiger partial charge >= 0.3 is 5.97 Å². The van der Waals surface area contributed by atoms with E-state index in [1.165, 1.54) is 13.2 Å². The van der Waals surface area contributed by atoms with Crippen molar-refractivity contribution in [3.63, 3.8) is 0 Å². The summed E-state index contributed by atoms with van der Waals surface area (Å²) in [6.45, 7) is 1.85. The monoisotopic (exact) mass is 252 g/mol. The van der Waals surface area contributed by atoms with E-state index in [0.29, 0.717) is 36.1 Å². The Morgan fingerprint density at radius 1 is 1.50 bits per heavy atom. The summed E-state index contributed by atoms with van der Waals surface area (Å²) in [6, 6.07) is 2.96. The first-order valence-electron chi connectivity index (χ1n) is 6.15. The number of aryl methyl sites for hydroxylation is 1. The molecule has 0 atom stereocenters. The number of ether oxygens (including phenoxy) is 1. The molecule has 1 saturated carbocycles. The number of hydrogen-bond donors (Lipinski definition) is 1. The SMILES string of the molecule is CCc1cc(C2(C(=O)O)CCC2)c(OC)cc1F. The van der Waals surface area contributed by atoms with Gasteiger partial charge in [-0.25, -0.2) is 4.39 Å². The van der Waals surface area contributed by atoms with Gasteiger partial charge in [0, 0.05) is 11.6 Å². The standard InChI is InChI=1S/C14H17FO3/c1-3-9-7-10(12(18-2)8-11(9)15)14(13(16)17)5-4-6-14/h7-8H,3-6H2,1-2H3,(H,16,17). The van der Waals surface area contributed by atoms with Crippen molar-refractivity contribution in [3.05, 3.63) is 29.1 Å². The van der Waals surface area contributed by atoms with Gasteiger partial charge in [-0.15, -0.1) is 0 Å². The van der Waals surface area contributed by atoms with Crippen LogP contribution in [0.15, 0.2) is 12.1 Å². The molecule has 1 aromatic carbocycles. The number of halogens is 1. The molecular weight excluding hydrogens is 235 g/mol. The van der Waals surface area contributed by atoms with Crippen molar-refractivity contribution in [1.82, 2.24) is 0 Å². The maximum atomic E-state index is 13.7. The van der Waals surface area contributed by atoms with Crippen LogP contribution in [0.3, 0.4) is 0 Å². The lowest BCUT2D eigenvalue weighted by molar-refractivity contribution is -0.147. The van der Waals surface area contributed by atoms with E-state index in [2.05, 4.69) is 0 Å². The van der Waals surface area contributed by atoms with Crippen LogP contribution in [0.4, 0.5) is 4.39 Å². The van der Waals surface area contributed by atoms with Gasteiger partial charge in [0.1, 0.15) is 11.6 Å². The van der Waals surface area contributed by atoms with Crippen molar-refractivity contribution >= 4 is 5.97 Å². The largest absolute Gasteiger partial charge is 0.496 e. The molecule has 1 fully saturated rings. The van der Waals surface area contributed by atoms with Crippen molar-refractivity contribution in [1.29, 1.82) is 0 Å². The summed E-state index contributed by atoms with van der Waals surface area (Å²) in [4.78, 5) is 11.5. The predicted molar refractivity (Wildman–Crippen MR) is 65.5 cm³/mol. The van der Waals surface area contributed by atoms with Crippen LogP contribution < -0.4 is 4.74 Å². The molecule has 0 aliphatic heterocycles. The van der Waals surface area contributed by atoms with Gasteiger partial charge in [0.25, 0.3) is 0 Å². The van der Waals surface area contributed by atoms with Crippen molar-refractivity contribution in [2.45, 2.75) is 38.0 Å². The number of hydrogen-bond acceptors (Lipinski definition) is 2. The molecule has 98 valence electrons. The molecule has 0 heterocycles. The third kappa shape index (κ3) is 1.76. The lowest BCUT2D eigenvalue weighted by Crippen LogP contribution is -2.42. The van der Waals surface area contributed by atoms with Gasteiger partial charge in [0.05, 0.1) is 12.5 Å². The quantitative estimate of drug-likeness (QED) is 0.896. The maximum Gasteiger partial charge on any atom is 0.314 e. The van der Waals surface area contributed by atoms with E-state index in [-0.39, 0.29) is 5.82 Å². The molecule has 0 saturated heterocycles. The summed E-state index contributed by atoms with van der Waals surface area (Å²) in [6.07, 6.45) is 2.60. The van der Waals surface area contributed by atoms with Crippen molar-refractivity contribution in [2.75, 3.05) is 7.11 Å². The highest BCUT2D eigenvalue weighted by Crippen LogP contribution is 2.48. The summed E-state index contributed by atoms with van der Waals surface area (Å²) in [5, 5.41) is 9.44. The smallest absolute Gasteiger partial charge is 0.314 e. The number of benzene rings is 1. The van der Waals surface area contributed by atoms with Crippen LogP contribution in [0.1, 0.15) is 37.3 Å². The lowest BCUT2D eigenvalue weighted by Gasteiger charge is -2.39. The van der Waals surface area contributed by atoms with Gasteiger partial charge in [-0.2, -0.15) is 0 Å². The minimum absolute atomic E-state index is 0.335. The van der Waals surface area contributed by atoms with Crippen molar-refractivity contribution < 1.29 is 19.0 Å². The molecule has 0 unspecified atom stereocenters. The Hall–Kier alpha value is -1.58. The van der Waals surface area contributed by atoms with Gasteiger partial charge in [-0.05, 0) is 30.9 Å². The number of carbonyl (C=O) groups is 1. The fraction of sp³-hybridized carbons (Fsp3) is 0.500. The second kappa shape index (κ2) is 4.59. The normalized spacial score (nSPS) is 17.1. The van der Waals surface area contributed by atoms with Gasteiger partial charge < -0.3 is 9.84 Å². The summed E-state index contributed by atoms with van der Waals surface area (Å²) >= 11 is 0. The van der Waals surface area contributed by atoms with E-state index in [1.807, 2.05) is 6.92 Å².